The molecule has 0 aromatic carbocycles. The molecule has 1 N–H and O–H groups in total. The fraction of sp³-hybridized carbons (Fsp3) is 0.727. The minimum atomic E-state index is 0.493. The maximum Gasteiger partial charge on any atom is 0.157 e. The van der Waals surface area contributed by atoms with Crippen LogP contribution in [0.1, 0.15) is 68.3 Å². The number of hydrogen-bond acceptors (Lipinski definition) is 5. The van der Waals surface area contributed by atoms with E-state index in [2.05, 4.69) is 34.6 Å². The van der Waals surface area contributed by atoms with Crippen LogP contribution in [0.25, 0.3) is 5.65 Å². The van der Waals surface area contributed by atoms with Gasteiger partial charge in [-0.1, -0.05) is 13.3 Å². The summed E-state index contributed by atoms with van der Waals surface area (Å²) < 4.78 is 7.58. The summed E-state index contributed by atoms with van der Waals surface area (Å²) >= 11 is 0. The third-order valence-electron chi connectivity index (χ3n) is 6.31. The zero-order chi connectivity index (χ0) is 19.3. The number of anilines is 1. The van der Waals surface area contributed by atoms with Crippen molar-refractivity contribution in [1.82, 2.24) is 19.5 Å². The summed E-state index contributed by atoms with van der Waals surface area (Å²) in [6.07, 6.45) is 8.37. The Hall–Kier alpha value is -1.66. The van der Waals surface area contributed by atoms with Crippen LogP contribution in [0.2, 0.25) is 0 Å². The van der Waals surface area contributed by atoms with Gasteiger partial charge in [0.2, 0.25) is 0 Å². The van der Waals surface area contributed by atoms with Gasteiger partial charge in [-0.3, -0.25) is 0 Å². The lowest BCUT2D eigenvalue weighted by Gasteiger charge is -2.26. The van der Waals surface area contributed by atoms with E-state index in [9.17, 15) is 0 Å². The lowest BCUT2D eigenvalue weighted by molar-refractivity contribution is 0.0844. The van der Waals surface area contributed by atoms with Gasteiger partial charge in [0.05, 0.1) is 5.69 Å². The van der Waals surface area contributed by atoms with Gasteiger partial charge < -0.3 is 15.0 Å². The minimum Gasteiger partial charge on any atom is -0.381 e. The smallest absolute Gasteiger partial charge is 0.157 e. The average molecular weight is 386 g/mol. The molecule has 0 aliphatic carbocycles. The normalized spacial score (nSPS) is 19.4. The van der Waals surface area contributed by atoms with E-state index in [4.69, 9.17) is 14.8 Å². The number of ether oxygens (including phenoxy) is 1. The van der Waals surface area contributed by atoms with E-state index in [0.717, 1.165) is 56.2 Å². The topological polar surface area (TPSA) is 54.7 Å². The molecule has 28 heavy (non-hydrogen) atoms. The van der Waals surface area contributed by atoms with Crippen molar-refractivity contribution in [2.45, 2.75) is 64.7 Å². The molecule has 4 heterocycles. The van der Waals surface area contributed by atoms with Crippen molar-refractivity contribution in [2.24, 2.45) is 0 Å². The fourth-order valence-corrected chi connectivity index (χ4v) is 4.66. The van der Waals surface area contributed by atoms with Crippen LogP contribution in [0.15, 0.2) is 6.07 Å². The first-order valence-corrected chi connectivity index (χ1v) is 11.2. The van der Waals surface area contributed by atoms with Crippen LogP contribution in [-0.2, 0) is 11.2 Å². The second-order valence-corrected chi connectivity index (χ2v) is 8.29. The van der Waals surface area contributed by atoms with E-state index in [0.29, 0.717) is 5.92 Å². The van der Waals surface area contributed by atoms with E-state index in [1.807, 2.05) is 0 Å². The first kappa shape index (κ1) is 19.6. The van der Waals surface area contributed by atoms with Crippen molar-refractivity contribution < 1.29 is 4.74 Å². The van der Waals surface area contributed by atoms with Crippen LogP contribution in [0.4, 0.5) is 5.82 Å². The molecule has 0 bridgehead atoms. The van der Waals surface area contributed by atoms with Gasteiger partial charge in [0.25, 0.3) is 0 Å². The van der Waals surface area contributed by atoms with Crippen LogP contribution in [0.3, 0.4) is 0 Å². The molecule has 0 atom stereocenters. The largest absolute Gasteiger partial charge is 0.381 e. The number of nitrogens with one attached hydrogen (secondary N) is 1. The van der Waals surface area contributed by atoms with Gasteiger partial charge in [-0.25, -0.2) is 4.98 Å². The highest BCUT2D eigenvalue weighted by molar-refractivity contribution is 5.56. The molecular weight excluding hydrogens is 350 g/mol. The molecule has 0 saturated carbocycles. The van der Waals surface area contributed by atoms with Crippen molar-refractivity contribution in [1.29, 1.82) is 0 Å². The molecule has 2 fully saturated rings. The van der Waals surface area contributed by atoms with Crippen LogP contribution in [0.5, 0.6) is 0 Å². The van der Waals surface area contributed by atoms with Gasteiger partial charge in [-0.15, -0.1) is 0 Å². The zero-order valence-corrected chi connectivity index (χ0v) is 17.5. The monoisotopic (exact) mass is 385 g/mol. The summed E-state index contributed by atoms with van der Waals surface area (Å²) in [5.74, 6) is 1.63. The highest BCUT2D eigenvalue weighted by Crippen LogP contribution is 2.29. The van der Waals surface area contributed by atoms with Gasteiger partial charge >= 0.3 is 0 Å². The van der Waals surface area contributed by atoms with E-state index >= 15 is 0 Å². The minimum absolute atomic E-state index is 0.493. The van der Waals surface area contributed by atoms with E-state index < -0.39 is 0 Å². The van der Waals surface area contributed by atoms with Crippen molar-refractivity contribution in [3.05, 3.63) is 23.0 Å². The van der Waals surface area contributed by atoms with E-state index in [1.54, 1.807) is 0 Å². The van der Waals surface area contributed by atoms with Crippen molar-refractivity contribution >= 4 is 11.5 Å². The SMILES string of the molecule is CCc1c(C)nc2cc(C3CCOCC3)nn2c1NCCCN1CCCCC1. The third-order valence-corrected chi connectivity index (χ3v) is 6.31. The standard InChI is InChI=1S/C22H35N5O/c1-3-19-17(2)24-21-16-20(18-8-14-28-15-9-18)25-27(21)22(19)23-10-7-13-26-11-5-4-6-12-26/h16,18,23H,3-15H2,1-2H3. The van der Waals surface area contributed by atoms with Gasteiger partial charge in [0, 0.05) is 43.0 Å². The first-order chi connectivity index (χ1) is 13.8. The Labute approximate surface area is 168 Å². The number of piperidine rings is 1. The predicted octanol–water partition coefficient (Wildman–Crippen LogP) is 3.78. The van der Waals surface area contributed by atoms with Gasteiger partial charge in [-0.05, 0) is 65.1 Å². The Bertz CT molecular complexity index is 775. The van der Waals surface area contributed by atoms with Gasteiger partial charge in [-0.2, -0.15) is 9.61 Å². The fourth-order valence-electron chi connectivity index (χ4n) is 4.66. The molecule has 6 heteroatoms. The summed E-state index contributed by atoms with van der Waals surface area (Å²) in [6.45, 7) is 10.7. The molecule has 6 nitrogen and oxygen atoms in total. The quantitative estimate of drug-likeness (QED) is 0.735. The molecule has 2 saturated heterocycles. The first-order valence-electron chi connectivity index (χ1n) is 11.2. The number of fused-ring (bicyclic) bond motifs is 1. The summed E-state index contributed by atoms with van der Waals surface area (Å²) in [6, 6.07) is 2.18. The average Bonchev–Trinajstić information content (AvgIpc) is 3.16. The molecule has 2 aliphatic heterocycles. The molecule has 154 valence electrons. The Balaban J connectivity index is 1.50. The molecule has 0 amide bonds. The Morgan fingerprint density at radius 2 is 1.96 bits per heavy atom. The molecule has 2 aromatic heterocycles. The highest BCUT2D eigenvalue weighted by atomic mass is 16.5. The summed E-state index contributed by atoms with van der Waals surface area (Å²) in [5, 5.41) is 8.69. The molecule has 2 aromatic rings. The third kappa shape index (κ3) is 4.33. The maximum atomic E-state index is 5.52. The van der Waals surface area contributed by atoms with Crippen molar-refractivity contribution in [3.63, 3.8) is 0 Å². The Morgan fingerprint density at radius 1 is 1.18 bits per heavy atom. The van der Waals surface area contributed by atoms with Crippen molar-refractivity contribution in [2.75, 3.05) is 44.7 Å². The summed E-state index contributed by atoms with van der Waals surface area (Å²) in [5.41, 5.74) is 4.54. The second-order valence-electron chi connectivity index (χ2n) is 8.29. The van der Waals surface area contributed by atoms with Crippen LogP contribution >= 0.6 is 0 Å². The lowest BCUT2D eigenvalue weighted by atomic mass is 9.97. The van der Waals surface area contributed by atoms with E-state index in [1.165, 1.54) is 56.6 Å². The zero-order valence-electron chi connectivity index (χ0n) is 17.5. The number of nitrogens with zero attached hydrogens (tertiary/aromatic N) is 4. The second kappa shape index (κ2) is 9.23. The van der Waals surface area contributed by atoms with Gasteiger partial charge in [0.1, 0.15) is 5.82 Å². The van der Waals surface area contributed by atoms with Crippen LogP contribution in [0, 0.1) is 6.92 Å². The van der Waals surface area contributed by atoms with Crippen molar-refractivity contribution in [3.8, 4) is 0 Å². The van der Waals surface area contributed by atoms with Crippen LogP contribution < -0.4 is 5.32 Å². The van der Waals surface area contributed by atoms with E-state index in [-0.39, 0.29) is 0 Å². The number of likely N-dealkylation sites (tertiary alicyclic amines) is 1. The highest BCUT2D eigenvalue weighted by Gasteiger charge is 2.21. The Kier molecular flexibility index (Phi) is 6.47. The molecular formula is C22H35N5O. The Morgan fingerprint density at radius 3 is 2.71 bits per heavy atom. The molecule has 4 rings (SSSR count). The number of rotatable bonds is 7. The molecule has 2 aliphatic rings. The molecule has 0 radical (unpaired) electrons. The maximum absolute atomic E-state index is 5.52. The number of aryl methyl sites for hydroxylation is 1. The number of hydrogen-bond donors (Lipinski definition) is 1. The van der Waals surface area contributed by atoms with Gasteiger partial charge in [0.15, 0.2) is 5.65 Å². The number of aromatic nitrogens is 3. The predicted molar refractivity (Wildman–Crippen MR) is 113 cm³/mol. The molecule has 0 spiro atoms. The van der Waals surface area contributed by atoms with Crippen LogP contribution in [-0.4, -0.2) is 58.9 Å². The molecule has 0 unspecified atom stereocenters. The lowest BCUT2D eigenvalue weighted by Crippen LogP contribution is -2.31. The summed E-state index contributed by atoms with van der Waals surface area (Å²) in [4.78, 5) is 7.45. The summed E-state index contributed by atoms with van der Waals surface area (Å²) in [7, 11) is 0.